The molecule has 0 saturated carbocycles. The normalized spacial score (nSPS) is 30.9. The van der Waals surface area contributed by atoms with Crippen LogP contribution >= 0.6 is 11.6 Å². The summed E-state index contributed by atoms with van der Waals surface area (Å²) in [5.74, 6) is -4.95. The number of rotatable bonds is 3. The van der Waals surface area contributed by atoms with Crippen LogP contribution in [-0.4, -0.2) is 50.4 Å². The van der Waals surface area contributed by atoms with E-state index >= 15 is 0 Å². The highest BCUT2D eigenvalue weighted by Crippen LogP contribution is 2.50. The molecule has 0 aliphatic carbocycles. The number of halogens is 5. The van der Waals surface area contributed by atoms with Crippen molar-refractivity contribution in [2.75, 3.05) is 12.3 Å². The van der Waals surface area contributed by atoms with Crippen LogP contribution in [0.4, 0.5) is 23.4 Å². The summed E-state index contributed by atoms with van der Waals surface area (Å²) in [6.07, 6.45) is -8.18. The van der Waals surface area contributed by atoms with Crippen molar-refractivity contribution in [3.63, 3.8) is 0 Å². The van der Waals surface area contributed by atoms with Gasteiger partial charge in [-0.25, -0.2) is 13.6 Å². The highest BCUT2D eigenvalue weighted by Gasteiger charge is 2.73. The average Bonchev–Trinajstić information content (AvgIpc) is 2.63. The average molecular weight is 348 g/mol. The first-order valence-electron chi connectivity index (χ1n) is 5.75. The van der Waals surface area contributed by atoms with Crippen LogP contribution in [-0.2, 0) is 4.74 Å². The molecule has 1 fully saturated rings. The molecule has 1 aliphatic heterocycles. The van der Waals surface area contributed by atoms with Gasteiger partial charge in [0.2, 0.25) is 5.60 Å². The molecule has 124 valence electrons. The van der Waals surface area contributed by atoms with Crippen molar-refractivity contribution in [2.24, 2.45) is 0 Å². The van der Waals surface area contributed by atoms with Crippen molar-refractivity contribution in [3.05, 3.63) is 21.7 Å². The summed E-state index contributed by atoms with van der Waals surface area (Å²) in [6.45, 7) is -1.78. The van der Waals surface area contributed by atoms with Crippen molar-refractivity contribution in [1.29, 1.82) is 0 Å². The SMILES string of the molecule is Nc1nc(=O)n([C@@H]2O[C@@](CO)(C(F)F)C(F)(F)C2O)cc1Cl. The van der Waals surface area contributed by atoms with Gasteiger partial charge < -0.3 is 20.7 Å². The van der Waals surface area contributed by atoms with Gasteiger partial charge in [-0.3, -0.25) is 4.57 Å². The smallest absolute Gasteiger partial charge is 0.351 e. The van der Waals surface area contributed by atoms with E-state index in [0.29, 0.717) is 4.57 Å². The van der Waals surface area contributed by atoms with Crippen LogP contribution in [0.1, 0.15) is 6.23 Å². The van der Waals surface area contributed by atoms with Crippen LogP contribution < -0.4 is 11.4 Å². The van der Waals surface area contributed by atoms with E-state index < -0.39 is 48.4 Å². The molecular formula is C10H10ClF4N3O4. The van der Waals surface area contributed by atoms with Gasteiger partial charge in [0.1, 0.15) is 5.82 Å². The number of aliphatic hydroxyl groups is 2. The third kappa shape index (κ3) is 2.16. The summed E-state index contributed by atoms with van der Waals surface area (Å²) >= 11 is 5.58. The van der Waals surface area contributed by atoms with E-state index in [4.69, 9.17) is 22.4 Å². The van der Waals surface area contributed by atoms with E-state index in [0.717, 1.165) is 6.20 Å². The van der Waals surface area contributed by atoms with E-state index in [-0.39, 0.29) is 5.02 Å². The van der Waals surface area contributed by atoms with Gasteiger partial charge in [-0.1, -0.05) is 11.6 Å². The minimum absolute atomic E-state index is 0.303. The van der Waals surface area contributed by atoms with Crippen molar-refractivity contribution < 1.29 is 32.5 Å². The molecule has 0 amide bonds. The van der Waals surface area contributed by atoms with Gasteiger partial charge in [-0.05, 0) is 0 Å². The molecule has 2 heterocycles. The van der Waals surface area contributed by atoms with Crippen molar-refractivity contribution in [1.82, 2.24) is 9.55 Å². The second-order valence-corrected chi connectivity index (χ2v) is 5.00. The minimum Gasteiger partial charge on any atom is -0.393 e. The van der Waals surface area contributed by atoms with Gasteiger partial charge in [-0.2, -0.15) is 13.8 Å². The predicted octanol–water partition coefficient (Wildman–Crippen LogP) is 0.0001000. The van der Waals surface area contributed by atoms with Gasteiger partial charge in [0.25, 0.3) is 6.43 Å². The summed E-state index contributed by atoms with van der Waals surface area (Å²) in [4.78, 5) is 14.8. The topological polar surface area (TPSA) is 111 Å². The number of nitrogens with zero attached hydrogens (tertiary/aromatic N) is 2. The van der Waals surface area contributed by atoms with Gasteiger partial charge in [0.15, 0.2) is 12.3 Å². The standard InChI is InChI=1S/C10H10ClF4N3O4/c11-3-1-18(8(21)17-5(3)16)6-4(20)10(14,15)9(2-19,22-6)7(12)13/h1,4,6-7,19-20H,2H2,(H2,16,17,21)/t4?,6-,9+/m1/s1. The molecule has 7 nitrogen and oxygen atoms in total. The molecule has 0 radical (unpaired) electrons. The van der Waals surface area contributed by atoms with Gasteiger partial charge in [0, 0.05) is 6.20 Å². The third-order valence-electron chi connectivity index (χ3n) is 3.33. The molecular weight excluding hydrogens is 338 g/mol. The van der Waals surface area contributed by atoms with Crippen LogP contribution in [0.5, 0.6) is 0 Å². The molecule has 12 heteroatoms. The number of aromatic nitrogens is 2. The van der Waals surface area contributed by atoms with Crippen molar-refractivity contribution >= 4 is 17.4 Å². The molecule has 1 unspecified atom stereocenters. The quantitative estimate of drug-likeness (QED) is 0.664. The molecule has 4 N–H and O–H groups in total. The number of ether oxygens (including phenoxy) is 1. The highest BCUT2D eigenvalue weighted by atomic mass is 35.5. The molecule has 0 bridgehead atoms. The zero-order chi connectivity index (χ0) is 16.9. The highest BCUT2D eigenvalue weighted by molar-refractivity contribution is 6.32. The number of hydrogen-bond acceptors (Lipinski definition) is 6. The molecule has 2 rings (SSSR count). The summed E-state index contributed by atoms with van der Waals surface area (Å²) in [5.41, 5.74) is 0.328. The van der Waals surface area contributed by atoms with Crippen LogP contribution in [0.3, 0.4) is 0 Å². The fourth-order valence-corrected chi connectivity index (χ4v) is 2.19. The minimum atomic E-state index is -4.53. The predicted molar refractivity (Wildman–Crippen MR) is 64.8 cm³/mol. The molecule has 1 aliphatic rings. The molecule has 1 saturated heterocycles. The molecule has 3 atom stereocenters. The lowest BCUT2D eigenvalue weighted by molar-refractivity contribution is -0.244. The monoisotopic (exact) mass is 347 g/mol. The summed E-state index contributed by atoms with van der Waals surface area (Å²) < 4.78 is 58.6. The largest absolute Gasteiger partial charge is 0.393 e. The number of aliphatic hydroxyl groups excluding tert-OH is 2. The van der Waals surface area contributed by atoms with Crippen LogP contribution in [0.2, 0.25) is 5.02 Å². The number of hydrogen-bond donors (Lipinski definition) is 3. The molecule has 1 aromatic rings. The third-order valence-corrected chi connectivity index (χ3v) is 3.62. The maximum atomic E-state index is 13.9. The maximum Gasteiger partial charge on any atom is 0.351 e. The van der Waals surface area contributed by atoms with E-state index in [2.05, 4.69) is 9.72 Å². The lowest BCUT2D eigenvalue weighted by Gasteiger charge is -2.31. The summed E-state index contributed by atoms with van der Waals surface area (Å²) in [6, 6.07) is 0. The first-order chi connectivity index (χ1) is 10.1. The molecule has 22 heavy (non-hydrogen) atoms. The van der Waals surface area contributed by atoms with Crippen molar-refractivity contribution in [2.45, 2.75) is 30.3 Å². The van der Waals surface area contributed by atoms with E-state index in [1.807, 2.05) is 0 Å². The van der Waals surface area contributed by atoms with E-state index in [9.17, 15) is 27.5 Å². The first kappa shape index (κ1) is 16.9. The Morgan fingerprint density at radius 1 is 1.55 bits per heavy atom. The fourth-order valence-electron chi connectivity index (χ4n) is 2.05. The summed E-state index contributed by atoms with van der Waals surface area (Å²) in [5, 5.41) is 18.2. The number of nitrogen functional groups attached to an aromatic ring is 1. The van der Waals surface area contributed by atoms with Crippen LogP contribution in [0, 0.1) is 0 Å². The maximum absolute atomic E-state index is 13.9. The van der Waals surface area contributed by atoms with Crippen LogP contribution in [0.15, 0.2) is 11.0 Å². The fraction of sp³-hybridized carbons (Fsp3) is 0.600. The van der Waals surface area contributed by atoms with Crippen LogP contribution in [0.25, 0.3) is 0 Å². The lowest BCUT2D eigenvalue weighted by Crippen LogP contribution is -2.57. The van der Waals surface area contributed by atoms with E-state index in [1.54, 1.807) is 0 Å². The Morgan fingerprint density at radius 2 is 2.14 bits per heavy atom. The Kier molecular flexibility index (Phi) is 4.11. The number of anilines is 1. The first-order valence-corrected chi connectivity index (χ1v) is 6.13. The van der Waals surface area contributed by atoms with Gasteiger partial charge >= 0.3 is 11.6 Å². The molecule has 0 aromatic carbocycles. The lowest BCUT2D eigenvalue weighted by atomic mass is 9.95. The Morgan fingerprint density at radius 3 is 2.59 bits per heavy atom. The molecule has 1 aromatic heterocycles. The number of alkyl halides is 4. The van der Waals surface area contributed by atoms with E-state index in [1.165, 1.54) is 0 Å². The zero-order valence-corrected chi connectivity index (χ0v) is 11.3. The van der Waals surface area contributed by atoms with Crippen molar-refractivity contribution in [3.8, 4) is 0 Å². The second-order valence-electron chi connectivity index (χ2n) is 4.59. The summed E-state index contributed by atoms with van der Waals surface area (Å²) in [7, 11) is 0. The Bertz CT molecular complexity index is 643. The molecule has 0 spiro atoms. The number of nitrogens with two attached hydrogens (primary N) is 1. The Balaban J connectivity index is 2.56. The Hall–Kier alpha value is -1.43. The zero-order valence-electron chi connectivity index (χ0n) is 10.6. The van der Waals surface area contributed by atoms with Gasteiger partial charge in [0.05, 0.1) is 11.6 Å². The Labute approximate surface area is 124 Å². The second kappa shape index (κ2) is 5.33. The van der Waals surface area contributed by atoms with Gasteiger partial charge in [-0.15, -0.1) is 0 Å².